The van der Waals surface area contributed by atoms with Gasteiger partial charge in [-0.2, -0.15) is 0 Å². The summed E-state index contributed by atoms with van der Waals surface area (Å²) in [5, 5.41) is 0. The zero-order valence-electron chi connectivity index (χ0n) is 16.0. The van der Waals surface area contributed by atoms with Crippen molar-refractivity contribution in [2.75, 3.05) is 0 Å². The van der Waals surface area contributed by atoms with Gasteiger partial charge in [0.2, 0.25) is 0 Å². The lowest BCUT2D eigenvalue weighted by Crippen LogP contribution is -2.55. The number of hydrogen-bond acceptors (Lipinski definition) is 4. The lowest BCUT2D eigenvalue weighted by Gasteiger charge is -2.47. The Hall–Kier alpha value is -2.69. The molecule has 4 rings (SSSR count). The zero-order valence-corrected chi connectivity index (χ0v) is 16.0. The Labute approximate surface area is 165 Å². The number of hydrogen-bond donors (Lipinski definition) is 0. The van der Waals surface area contributed by atoms with Crippen LogP contribution in [0.1, 0.15) is 43.2 Å². The van der Waals surface area contributed by atoms with Crippen LogP contribution in [0.15, 0.2) is 54.9 Å². The molecule has 0 saturated carbocycles. The third kappa shape index (κ3) is 4.24. The van der Waals surface area contributed by atoms with Gasteiger partial charge in [0.1, 0.15) is 12.4 Å². The van der Waals surface area contributed by atoms with Gasteiger partial charge in [0.05, 0.1) is 0 Å². The second-order valence-corrected chi connectivity index (χ2v) is 7.86. The van der Waals surface area contributed by atoms with Gasteiger partial charge in [-0.05, 0) is 49.3 Å². The largest absolute Gasteiger partial charge is 0.445 e. The van der Waals surface area contributed by atoms with Crippen LogP contribution in [0.4, 0.5) is 4.79 Å². The van der Waals surface area contributed by atoms with E-state index in [4.69, 9.17) is 4.74 Å². The Kier molecular flexibility index (Phi) is 5.70. The standard InChI is InChI=1S/C23H26N2O3/c26-22(12-18-8-5-11-24-15-18)19-13-20-9-4-10-21(14-19)25(20)23(27)28-16-17-6-2-1-3-7-17/h1-3,5-8,11,15,19-21H,4,9-10,12-14,16H2. The summed E-state index contributed by atoms with van der Waals surface area (Å²) in [6.07, 6.45) is 8.18. The van der Waals surface area contributed by atoms with E-state index in [2.05, 4.69) is 4.98 Å². The van der Waals surface area contributed by atoms with Gasteiger partial charge in [-0.3, -0.25) is 9.78 Å². The molecule has 3 heterocycles. The SMILES string of the molecule is O=C(Cc1cccnc1)C1CC2CCCC(C1)N2C(=O)OCc1ccccc1. The number of rotatable bonds is 5. The van der Waals surface area contributed by atoms with Crippen LogP contribution in [0.2, 0.25) is 0 Å². The van der Waals surface area contributed by atoms with Crippen LogP contribution >= 0.6 is 0 Å². The number of ketones is 1. The van der Waals surface area contributed by atoms with E-state index in [1.807, 2.05) is 47.4 Å². The molecule has 0 N–H and O–H groups in total. The van der Waals surface area contributed by atoms with E-state index in [0.29, 0.717) is 13.0 Å². The van der Waals surface area contributed by atoms with Crippen LogP contribution < -0.4 is 0 Å². The van der Waals surface area contributed by atoms with Crippen molar-refractivity contribution >= 4 is 11.9 Å². The van der Waals surface area contributed by atoms with Crippen LogP contribution in [0, 0.1) is 5.92 Å². The molecule has 146 valence electrons. The van der Waals surface area contributed by atoms with E-state index in [-0.39, 0.29) is 29.9 Å². The average molecular weight is 378 g/mol. The summed E-state index contributed by atoms with van der Waals surface area (Å²) in [6.45, 7) is 0.291. The second kappa shape index (κ2) is 8.55. The first-order valence-corrected chi connectivity index (χ1v) is 10.1. The molecule has 0 spiro atoms. The monoisotopic (exact) mass is 378 g/mol. The minimum Gasteiger partial charge on any atom is -0.445 e. The van der Waals surface area contributed by atoms with E-state index in [1.165, 1.54) is 0 Å². The van der Waals surface area contributed by atoms with Crippen molar-refractivity contribution in [2.45, 2.75) is 57.2 Å². The van der Waals surface area contributed by atoms with E-state index in [9.17, 15) is 9.59 Å². The minimum absolute atomic E-state index is 0.0219. The molecule has 2 bridgehead atoms. The van der Waals surface area contributed by atoms with Crippen molar-refractivity contribution < 1.29 is 14.3 Å². The van der Waals surface area contributed by atoms with E-state index in [0.717, 1.165) is 43.2 Å². The number of Topliss-reactive ketones (excluding diaryl/α,β-unsaturated/α-hetero) is 1. The maximum atomic E-state index is 12.8. The molecule has 2 unspecified atom stereocenters. The van der Waals surface area contributed by atoms with Gasteiger partial charge in [0.25, 0.3) is 0 Å². The van der Waals surface area contributed by atoms with Gasteiger partial charge >= 0.3 is 6.09 Å². The number of ether oxygens (including phenoxy) is 1. The molecule has 1 amide bonds. The van der Waals surface area contributed by atoms with Gasteiger partial charge in [0.15, 0.2) is 0 Å². The molecule has 2 saturated heterocycles. The van der Waals surface area contributed by atoms with Crippen molar-refractivity contribution in [3.8, 4) is 0 Å². The molecule has 1 aromatic carbocycles. The fourth-order valence-corrected chi connectivity index (χ4v) is 4.58. The molecule has 2 fully saturated rings. The van der Waals surface area contributed by atoms with Gasteiger partial charge in [-0.15, -0.1) is 0 Å². The summed E-state index contributed by atoms with van der Waals surface area (Å²) in [5.74, 6) is 0.288. The third-order valence-electron chi connectivity index (χ3n) is 5.95. The number of nitrogens with zero attached hydrogens (tertiary/aromatic N) is 2. The van der Waals surface area contributed by atoms with Gasteiger partial charge in [0, 0.05) is 36.8 Å². The molecule has 0 radical (unpaired) electrons. The Morgan fingerprint density at radius 1 is 1.00 bits per heavy atom. The smallest absolute Gasteiger partial charge is 0.410 e. The fraction of sp³-hybridized carbons (Fsp3) is 0.435. The zero-order chi connectivity index (χ0) is 19.3. The van der Waals surface area contributed by atoms with Crippen LogP contribution in [-0.2, 0) is 22.6 Å². The molecule has 0 aliphatic carbocycles. The number of carbonyl (C=O) groups excluding carboxylic acids is 2. The van der Waals surface area contributed by atoms with Crippen molar-refractivity contribution in [1.29, 1.82) is 0 Å². The van der Waals surface area contributed by atoms with Gasteiger partial charge < -0.3 is 9.64 Å². The molecule has 2 atom stereocenters. The first-order valence-electron chi connectivity index (χ1n) is 10.1. The second-order valence-electron chi connectivity index (χ2n) is 7.86. The van der Waals surface area contributed by atoms with Gasteiger partial charge in [-0.1, -0.05) is 36.4 Å². The highest BCUT2D eigenvalue weighted by molar-refractivity contribution is 5.83. The molecular weight excluding hydrogens is 352 g/mol. The van der Waals surface area contributed by atoms with E-state index >= 15 is 0 Å². The summed E-state index contributed by atoms with van der Waals surface area (Å²) in [7, 11) is 0. The number of carbonyl (C=O) groups is 2. The highest BCUT2D eigenvalue weighted by Crippen LogP contribution is 2.38. The Bertz CT molecular complexity index is 795. The number of pyridine rings is 1. The van der Waals surface area contributed by atoms with Crippen LogP contribution in [0.3, 0.4) is 0 Å². The lowest BCUT2D eigenvalue weighted by molar-refractivity contribution is -0.126. The highest BCUT2D eigenvalue weighted by atomic mass is 16.6. The molecule has 2 aromatic rings. The topological polar surface area (TPSA) is 59.5 Å². The number of amides is 1. The number of piperidine rings is 2. The summed E-state index contributed by atoms with van der Waals surface area (Å²) < 4.78 is 5.59. The summed E-state index contributed by atoms with van der Waals surface area (Å²) in [5.41, 5.74) is 1.95. The van der Waals surface area contributed by atoms with Crippen molar-refractivity contribution in [3.63, 3.8) is 0 Å². The molecule has 5 nitrogen and oxygen atoms in total. The Morgan fingerprint density at radius 3 is 2.39 bits per heavy atom. The maximum absolute atomic E-state index is 12.8. The average Bonchev–Trinajstić information content (AvgIpc) is 2.72. The molecule has 5 heteroatoms. The Morgan fingerprint density at radius 2 is 1.71 bits per heavy atom. The van der Waals surface area contributed by atoms with Crippen molar-refractivity contribution in [2.24, 2.45) is 5.92 Å². The summed E-state index contributed by atoms with van der Waals surface area (Å²) >= 11 is 0. The first-order chi connectivity index (χ1) is 13.7. The maximum Gasteiger partial charge on any atom is 0.410 e. The Balaban J connectivity index is 1.37. The summed E-state index contributed by atoms with van der Waals surface area (Å²) in [4.78, 5) is 31.6. The lowest BCUT2D eigenvalue weighted by atomic mass is 9.76. The fourth-order valence-electron chi connectivity index (χ4n) is 4.58. The van der Waals surface area contributed by atoms with Crippen molar-refractivity contribution in [3.05, 3.63) is 66.0 Å². The van der Waals surface area contributed by atoms with Gasteiger partial charge in [-0.25, -0.2) is 4.79 Å². The highest BCUT2D eigenvalue weighted by Gasteiger charge is 2.43. The minimum atomic E-state index is -0.239. The number of aromatic nitrogens is 1. The predicted molar refractivity (Wildman–Crippen MR) is 106 cm³/mol. The molecule has 2 aliphatic rings. The van der Waals surface area contributed by atoms with E-state index < -0.39 is 0 Å². The first kappa shape index (κ1) is 18.7. The number of fused-ring (bicyclic) bond motifs is 2. The predicted octanol–water partition coefficient (Wildman–Crippen LogP) is 4.16. The molecule has 28 heavy (non-hydrogen) atoms. The molecule has 2 aliphatic heterocycles. The number of benzene rings is 1. The normalized spacial score (nSPS) is 23.9. The summed E-state index contributed by atoms with van der Waals surface area (Å²) in [6, 6.07) is 13.8. The molecule has 1 aromatic heterocycles. The van der Waals surface area contributed by atoms with Crippen LogP contribution in [0.25, 0.3) is 0 Å². The van der Waals surface area contributed by atoms with Crippen LogP contribution in [-0.4, -0.2) is 33.8 Å². The van der Waals surface area contributed by atoms with E-state index in [1.54, 1.807) is 12.4 Å². The molecular formula is C23H26N2O3. The van der Waals surface area contributed by atoms with Crippen LogP contribution in [0.5, 0.6) is 0 Å². The third-order valence-corrected chi connectivity index (χ3v) is 5.95. The van der Waals surface area contributed by atoms with Crippen molar-refractivity contribution in [1.82, 2.24) is 9.88 Å². The quantitative estimate of drug-likeness (QED) is 0.784.